The summed E-state index contributed by atoms with van der Waals surface area (Å²) in [5, 5.41) is 8.93. The quantitative estimate of drug-likeness (QED) is 0.422. The highest BCUT2D eigenvalue weighted by Crippen LogP contribution is 2.19. The third kappa shape index (κ3) is 2.50. The van der Waals surface area contributed by atoms with Crippen molar-refractivity contribution in [1.29, 1.82) is 0 Å². The Labute approximate surface area is 121 Å². The molecule has 3 N–H and O–H groups in total. The summed E-state index contributed by atoms with van der Waals surface area (Å²) in [5.41, 5.74) is 4.63. The molecule has 1 amide bonds. The number of nitrogens with two attached hydrogens (primary N) is 1. The maximum Gasteiger partial charge on any atom is 0.287 e. The van der Waals surface area contributed by atoms with Gasteiger partial charge in [-0.15, -0.1) is 5.10 Å². The topological polar surface area (TPSA) is 90.8 Å². The molecule has 0 aliphatic rings. The van der Waals surface area contributed by atoms with E-state index in [2.05, 4.69) is 40.0 Å². The van der Waals surface area contributed by atoms with Crippen molar-refractivity contribution in [2.45, 2.75) is 20.0 Å². The average Bonchev–Trinajstić information content (AvgIpc) is 3.08. The first-order valence-electron chi connectivity index (χ1n) is 6.65. The van der Waals surface area contributed by atoms with Gasteiger partial charge in [0.15, 0.2) is 5.69 Å². The van der Waals surface area contributed by atoms with E-state index in [4.69, 9.17) is 5.84 Å². The molecular formula is C14H16N6O. The summed E-state index contributed by atoms with van der Waals surface area (Å²) in [6, 6.07) is 10.4. The first-order valence-corrected chi connectivity index (χ1v) is 6.65. The molecule has 0 saturated heterocycles. The van der Waals surface area contributed by atoms with Gasteiger partial charge >= 0.3 is 0 Å². The summed E-state index contributed by atoms with van der Waals surface area (Å²) in [5.74, 6) is 4.62. The summed E-state index contributed by atoms with van der Waals surface area (Å²) >= 11 is 0. The summed E-state index contributed by atoms with van der Waals surface area (Å²) < 4.78 is 3.86. The monoisotopic (exact) mass is 284 g/mol. The van der Waals surface area contributed by atoms with Crippen molar-refractivity contribution in [3.8, 4) is 0 Å². The van der Waals surface area contributed by atoms with Crippen LogP contribution in [0.5, 0.6) is 0 Å². The number of aryl methyl sites for hydroxylation is 3. The molecule has 3 rings (SSSR count). The third-order valence-corrected chi connectivity index (χ3v) is 3.47. The van der Waals surface area contributed by atoms with Crippen LogP contribution in [0.15, 0.2) is 36.5 Å². The molecule has 3 aromatic rings. The fourth-order valence-electron chi connectivity index (χ4n) is 2.43. The molecule has 0 bridgehead atoms. The zero-order valence-electron chi connectivity index (χ0n) is 11.7. The fraction of sp³-hybridized carbons (Fsp3) is 0.214. The number of nitrogens with one attached hydrogen (secondary N) is 1. The van der Waals surface area contributed by atoms with E-state index in [9.17, 15) is 4.79 Å². The Bertz CT molecular complexity index is 788. The van der Waals surface area contributed by atoms with Crippen LogP contribution in [0.2, 0.25) is 0 Å². The van der Waals surface area contributed by atoms with Crippen LogP contribution in [0.3, 0.4) is 0 Å². The molecule has 2 aromatic heterocycles. The van der Waals surface area contributed by atoms with Crippen molar-refractivity contribution >= 4 is 16.8 Å². The summed E-state index contributed by atoms with van der Waals surface area (Å²) in [7, 11) is 0. The van der Waals surface area contributed by atoms with E-state index in [0.717, 1.165) is 6.54 Å². The normalized spacial score (nSPS) is 11.0. The number of nitrogens with zero attached hydrogens (tertiary/aromatic N) is 4. The lowest BCUT2D eigenvalue weighted by atomic mass is 10.2. The van der Waals surface area contributed by atoms with E-state index in [-0.39, 0.29) is 5.69 Å². The molecule has 21 heavy (non-hydrogen) atoms. The predicted octanol–water partition coefficient (Wildman–Crippen LogP) is 0.845. The average molecular weight is 284 g/mol. The molecule has 108 valence electrons. The van der Waals surface area contributed by atoms with Crippen LogP contribution in [0.1, 0.15) is 16.2 Å². The number of amides is 1. The Morgan fingerprint density at radius 1 is 1.33 bits per heavy atom. The van der Waals surface area contributed by atoms with Gasteiger partial charge in [0.1, 0.15) is 0 Å². The van der Waals surface area contributed by atoms with Gasteiger partial charge in [0.05, 0.1) is 12.7 Å². The van der Waals surface area contributed by atoms with Crippen molar-refractivity contribution in [2.75, 3.05) is 0 Å². The molecular weight excluding hydrogens is 268 g/mol. The smallest absolute Gasteiger partial charge is 0.287 e. The molecule has 0 spiro atoms. The number of para-hydroxylation sites is 1. The molecule has 0 aliphatic heterocycles. The fourth-order valence-corrected chi connectivity index (χ4v) is 2.43. The lowest BCUT2D eigenvalue weighted by molar-refractivity contribution is 0.0948. The van der Waals surface area contributed by atoms with Crippen molar-refractivity contribution in [3.63, 3.8) is 0 Å². The highest BCUT2D eigenvalue weighted by molar-refractivity contribution is 5.91. The minimum absolute atomic E-state index is 0.214. The zero-order chi connectivity index (χ0) is 14.8. The second kappa shape index (κ2) is 5.37. The second-order valence-electron chi connectivity index (χ2n) is 4.84. The van der Waals surface area contributed by atoms with Gasteiger partial charge < -0.3 is 4.57 Å². The van der Waals surface area contributed by atoms with Crippen LogP contribution in [-0.2, 0) is 13.1 Å². The molecule has 0 unspecified atom stereocenters. The van der Waals surface area contributed by atoms with Gasteiger partial charge in [-0.25, -0.2) is 10.5 Å². The van der Waals surface area contributed by atoms with E-state index in [1.54, 1.807) is 10.9 Å². The Hall–Kier alpha value is -2.67. The van der Waals surface area contributed by atoms with E-state index in [1.165, 1.54) is 16.6 Å². The number of aromatic nitrogens is 4. The summed E-state index contributed by atoms with van der Waals surface area (Å²) in [6.45, 7) is 3.46. The first-order chi connectivity index (χ1) is 10.2. The third-order valence-electron chi connectivity index (χ3n) is 3.47. The molecule has 1 aromatic carbocycles. The largest absolute Gasteiger partial charge is 0.343 e. The predicted molar refractivity (Wildman–Crippen MR) is 78.4 cm³/mol. The van der Waals surface area contributed by atoms with Crippen LogP contribution < -0.4 is 11.3 Å². The minimum Gasteiger partial charge on any atom is -0.343 e. The number of carbonyl (C=O) groups is 1. The number of hydrazine groups is 1. The standard InChI is InChI=1S/C14H16N6O/c1-10-8-11-4-2-3-5-13(11)20(10)7-6-19-9-12(17-18-19)14(21)16-15/h2-5,8-9H,6-7,15H2,1H3,(H,16,21). The van der Waals surface area contributed by atoms with Gasteiger partial charge in [-0.3, -0.25) is 10.2 Å². The number of rotatable bonds is 4. The number of carbonyl (C=O) groups excluding carboxylic acids is 1. The molecule has 0 atom stereocenters. The minimum atomic E-state index is -0.441. The molecule has 7 nitrogen and oxygen atoms in total. The second-order valence-corrected chi connectivity index (χ2v) is 4.84. The lowest BCUT2D eigenvalue weighted by Crippen LogP contribution is -2.30. The van der Waals surface area contributed by atoms with E-state index in [1.807, 2.05) is 17.6 Å². The van der Waals surface area contributed by atoms with Crippen LogP contribution in [0.4, 0.5) is 0 Å². The van der Waals surface area contributed by atoms with Gasteiger partial charge in [-0.1, -0.05) is 23.4 Å². The van der Waals surface area contributed by atoms with Gasteiger partial charge in [0.2, 0.25) is 0 Å². The first kappa shape index (κ1) is 13.3. The van der Waals surface area contributed by atoms with Crippen molar-refractivity contribution < 1.29 is 4.79 Å². The van der Waals surface area contributed by atoms with E-state index < -0.39 is 5.91 Å². The zero-order valence-corrected chi connectivity index (χ0v) is 11.7. The van der Waals surface area contributed by atoms with Crippen LogP contribution >= 0.6 is 0 Å². The molecule has 2 heterocycles. The van der Waals surface area contributed by atoms with Crippen LogP contribution in [-0.4, -0.2) is 25.5 Å². The van der Waals surface area contributed by atoms with Crippen molar-refractivity contribution in [1.82, 2.24) is 25.0 Å². The Morgan fingerprint density at radius 2 is 2.14 bits per heavy atom. The maximum absolute atomic E-state index is 11.3. The summed E-state index contributed by atoms with van der Waals surface area (Å²) in [4.78, 5) is 11.3. The number of hydrogen-bond acceptors (Lipinski definition) is 4. The Balaban J connectivity index is 1.79. The number of benzene rings is 1. The maximum atomic E-state index is 11.3. The number of nitrogen functional groups attached to an aromatic ring is 1. The van der Waals surface area contributed by atoms with E-state index in [0.29, 0.717) is 6.54 Å². The Morgan fingerprint density at radius 3 is 2.95 bits per heavy atom. The Kier molecular flexibility index (Phi) is 3.41. The van der Waals surface area contributed by atoms with E-state index >= 15 is 0 Å². The van der Waals surface area contributed by atoms with Crippen LogP contribution in [0.25, 0.3) is 10.9 Å². The summed E-state index contributed by atoms with van der Waals surface area (Å²) in [6.07, 6.45) is 1.59. The molecule has 7 heteroatoms. The molecule has 0 fully saturated rings. The highest BCUT2D eigenvalue weighted by Gasteiger charge is 2.09. The van der Waals surface area contributed by atoms with Gasteiger partial charge in [0.25, 0.3) is 5.91 Å². The van der Waals surface area contributed by atoms with Crippen molar-refractivity contribution in [3.05, 3.63) is 47.9 Å². The molecule has 0 aliphatic carbocycles. The van der Waals surface area contributed by atoms with Crippen LogP contribution in [0, 0.1) is 6.92 Å². The van der Waals surface area contributed by atoms with Crippen molar-refractivity contribution in [2.24, 2.45) is 5.84 Å². The van der Waals surface area contributed by atoms with Gasteiger partial charge in [0, 0.05) is 17.8 Å². The van der Waals surface area contributed by atoms with Gasteiger partial charge in [-0.05, 0) is 24.4 Å². The highest BCUT2D eigenvalue weighted by atomic mass is 16.2. The number of fused-ring (bicyclic) bond motifs is 1. The van der Waals surface area contributed by atoms with Gasteiger partial charge in [-0.2, -0.15) is 0 Å². The molecule has 0 radical (unpaired) electrons. The lowest BCUT2D eigenvalue weighted by Gasteiger charge is -2.07. The SMILES string of the molecule is Cc1cc2ccccc2n1CCn1cc(C(=O)NN)nn1. The number of hydrogen-bond donors (Lipinski definition) is 2. The molecule has 0 saturated carbocycles.